The summed E-state index contributed by atoms with van der Waals surface area (Å²) >= 11 is 0. The lowest BCUT2D eigenvalue weighted by molar-refractivity contribution is -0.121. The maximum Gasteiger partial charge on any atom is 0.387 e. The third kappa shape index (κ3) is 3.77. The van der Waals surface area contributed by atoms with Crippen LogP contribution in [0, 0.1) is 5.92 Å². The summed E-state index contributed by atoms with van der Waals surface area (Å²) < 4.78 is 34.0. The Kier molecular flexibility index (Phi) is 4.41. The van der Waals surface area contributed by atoms with Crippen LogP contribution < -0.4 is 14.8 Å². The van der Waals surface area contributed by atoms with Crippen molar-refractivity contribution in [1.82, 2.24) is 0 Å². The van der Waals surface area contributed by atoms with Gasteiger partial charge in [-0.15, -0.1) is 0 Å². The fraction of sp³-hybridized carbons (Fsp3) is 0.235. The molecule has 23 heavy (non-hydrogen) atoms. The number of anilines is 1. The Balaban J connectivity index is 1.61. The first-order chi connectivity index (χ1) is 11.1. The number of fused-ring (bicyclic) bond motifs is 1. The van der Waals surface area contributed by atoms with Crippen LogP contribution in [0.2, 0.25) is 0 Å². The Hall–Kier alpha value is -2.63. The van der Waals surface area contributed by atoms with Gasteiger partial charge in [0.2, 0.25) is 5.91 Å². The van der Waals surface area contributed by atoms with Crippen LogP contribution in [0.15, 0.2) is 48.5 Å². The van der Waals surface area contributed by atoms with Crippen molar-refractivity contribution in [2.75, 3.05) is 11.9 Å². The summed E-state index contributed by atoms with van der Waals surface area (Å²) in [6, 6.07) is 13.4. The number of hydrogen-bond donors (Lipinski definition) is 1. The van der Waals surface area contributed by atoms with E-state index in [0.717, 1.165) is 11.3 Å². The third-order valence-corrected chi connectivity index (χ3v) is 3.60. The molecule has 0 aromatic heterocycles. The number of nitrogens with one attached hydrogen (secondary N) is 1. The Labute approximate surface area is 132 Å². The predicted molar refractivity (Wildman–Crippen MR) is 80.8 cm³/mol. The topological polar surface area (TPSA) is 47.6 Å². The standard InChI is InChI=1S/C17H15F2NO3/c18-17(19)23-14-7-5-13(6-8-14)20-16(21)12-9-11-3-1-2-4-15(11)22-10-12/h1-8,12,17H,9-10H2,(H,20,21)/t12-/m0/s1. The zero-order chi connectivity index (χ0) is 16.2. The van der Waals surface area contributed by atoms with Crippen molar-refractivity contribution in [3.63, 3.8) is 0 Å². The largest absolute Gasteiger partial charge is 0.492 e. The lowest BCUT2D eigenvalue weighted by atomic mass is 9.96. The highest BCUT2D eigenvalue weighted by Gasteiger charge is 2.25. The molecule has 1 aliphatic heterocycles. The molecule has 4 nitrogen and oxygen atoms in total. The van der Waals surface area contributed by atoms with E-state index < -0.39 is 6.61 Å². The van der Waals surface area contributed by atoms with Gasteiger partial charge in [0.25, 0.3) is 0 Å². The SMILES string of the molecule is O=C(Nc1ccc(OC(F)F)cc1)[C@@H]1COc2ccccc2C1. The maximum absolute atomic E-state index is 12.3. The summed E-state index contributed by atoms with van der Waals surface area (Å²) in [7, 11) is 0. The minimum Gasteiger partial charge on any atom is -0.492 e. The third-order valence-electron chi connectivity index (χ3n) is 3.60. The number of halogens is 2. The summed E-state index contributed by atoms with van der Waals surface area (Å²) in [5.74, 6) is 0.405. The molecule has 0 saturated carbocycles. The quantitative estimate of drug-likeness (QED) is 0.938. The number of rotatable bonds is 4. The van der Waals surface area contributed by atoms with E-state index >= 15 is 0 Å². The van der Waals surface area contributed by atoms with Crippen molar-refractivity contribution in [2.24, 2.45) is 5.92 Å². The molecule has 1 aliphatic rings. The van der Waals surface area contributed by atoms with Crippen molar-refractivity contribution in [1.29, 1.82) is 0 Å². The maximum atomic E-state index is 12.3. The van der Waals surface area contributed by atoms with E-state index in [9.17, 15) is 13.6 Å². The van der Waals surface area contributed by atoms with Gasteiger partial charge in [-0.25, -0.2) is 0 Å². The Bertz CT molecular complexity index is 688. The Morgan fingerprint density at radius 1 is 1.17 bits per heavy atom. The van der Waals surface area contributed by atoms with Gasteiger partial charge < -0.3 is 14.8 Å². The fourth-order valence-electron chi connectivity index (χ4n) is 2.46. The molecule has 0 spiro atoms. The molecule has 0 bridgehead atoms. The highest BCUT2D eigenvalue weighted by atomic mass is 19.3. The summed E-state index contributed by atoms with van der Waals surface area (Å²) in [6.07, 6.45) is 0.606. The van der Waals surface area contributed by atoms with Gasteiger partial charge in [0.05, 0.1) is 5.92 Å². The van der Waals surface area contributed by atoms with E-state index in [-0.39, 0.29) is 17.6 Å². The predicted octanol–water partition coefficient (Wildman–Crippen LogP) is 3.48. The van der Waals surface area contributed by atoms with Crippen molar-refractivity contribution >= 4 is 11.6 Å². The van der Waals surface area contributed by atoms with Gasteiger partial charge in [-0.3, -0.25) is 4.79 Å². The van der Waals surface area contributed by atoms with Gasteiger partial charge in [-0.2, -0.15) is 8.78 Å². The number of amides is 1. The molecule has 120 valence electrons. The smallest absolute Gasteiger partial charge is 0.387 e. The van der Waals surface area contributed by atoms with E-state index in [1.54, 1.807) is 0 Å². The molecule has 0 saturated heterocycles. The van der Waals surface area contributed by atoms with Crippen LogP contribution in [0.25, 0.3) is 0 Å². The lowest BCUT2D eigenvalue weighted by Gasteiger charge is -2.24. The van der Waals surface area contributed by atoms with Gasteiger partial charge in [-0.05, 0) is 42.3 Å². The van der Waals surface area contributed by atoms with Gasteiger partial charge >= 0.3 is 6.61 Å². The second-order valence-corrected chi connectivity index (χ2v) is 5.21. The number of ether oxygens (including phenoxy) is 2. The van der Waals surface area contributed by atoms with Crippen molar-refractivity contribution < 1.29 is 23.0 Å². The minimum absolute atomic E-state index is 0.0490. The van der Waals surface area contributed by atoms with Crippen LogP contribution in [0.5, 0.6) is 11.5 Å². The molecule has 1 N–H and O–H groups in total. The van der Waals surface area contributed by atoms with Crippen LogP contribution >= 0.6 is 0 Å². The van der Waals surface area contributed by atoms with Gasteiger partial charge in [0.15, 0.2) is 0 Å². The van der Waals surface area contributed by atoms with E-state index in [1.807, 2.05) is 24.3 Å². The Morgan fingerprint density at radius 2 is 1.91 bits per heavy atom. The average molecular weight is 319 g/mol. The van der Waals surface area contributed by atoms with Crippen molar-refractivity contribution in [2.45, 2.75) is 13.0 Å². The van der Waals surface area contributed by atoms with Gasteiger partial charge in [-0.1, -0.05) is 18.2 Å². The molecule has 2 aromatic rings. The number of hydrogen-bond acceptors (Lipinski definition) is 3. The molecule has 0 fully saturated rings. The molecule has 0 radical (unpaired) electrons. The average Bonchev–Trinajstić information content (AvgIpc) is 2.55. The van der Waals surface area contributed by atoms with Crippen LogP contribution in [0.1, 0.15) is 5.56 Å². The Morgan fingerprint density at radius 3 is 2.65 bits per heavy atom. The summed E-state index contributed by atoms with van der Waals surface area (Å²) in [5, 5.41) is 2.76. The molecule has 1 heterocycles. The van der Waals surface area contributed by atoms with Crippen LogP contribution in [0.3, 0.4) is 0 Å². The molecule has 3 rings (SSSR count). The second-order valence-electron chi connectivity index (χ2n) is 5.21. The zero-order valence-corrected chi connectivity index (χ0v) is 12.2. The molecule has 1 atom stereocenters. The molecular weight excluding hydrogens is 304 g/mol. The molecule has 6 heteroatoms. The lowest BCUT2D eigenvalue weighted by Crippen LogP contribution is -2.32. The molecular formula is C17H15F2NO3. The first kappa shape index (κ1) is 15.3. The number of carbonyl (C=O) groups excluding carboxylic acids is 1. The van der Waals surface area contributed by atoms with Crippen LogP contribution in [0.4, 0.5) is 14.5 Å². The molecule has 1 amide bonds. The number of alkyl halides is 2. The van der Waals surface area contributed by atoms with E-state index in [1.165, 1.54) is 24.3 Å². The summed E-state index contributed by atoms with van der Waals surface area (Å²) in [6.45, 7) is -2.55. The number of carbonyl (C=O) groups is 1. The van der Waals surface area contributed by atoms with Gasteiger partial charge in [0.1, 0.15) is 18.1 Å². The first-order valence-electron chi connectivity index (χ1n) is 7.18. The van der Waals surface area contributed by atoms with Crippen LogP contribution in [-0.4, -0.2) is 19.1 Å². The van der Waals surface area contributed by atoms with E-state index in [2.05, 4.69) is 10.1 Å². The molecule has 0 unspecified atom stereocenters. The summed E-state index contributed by atoms with van der Waals surface area (Å²) in [5.41, 5.74) is 1.52. The second kappa shape index (κ2) is 6.64. The van der Waals surface area contributed by atoms with E-state index in [4.69, 9.17) is 4.74 Å². The molecule has 0 aliphatic carbocycles. The number of para-hydroxylation sites is 1. The van der Waals surface area contributed by atoms with Crippen molar-refractivity contribution in [3.05, 3.63) is 54.1 Å². The zero-order valence-electron chi connectivity index (χ0n) is 12.2. The van der Waals surface area contributed by atoms with Gasteiger partial charge in [0, 0.05) is 5.69 Å². The monoisotopic (exact) mass is 319 g/mol. The van der Waals surface area contributed by atoms with Crippen LogP contribution in [-0.2, 0) is 11.2 Å². The minimum atomic E-state index is -2.87. The first-order valence-corrected chi connectivity index (χ1v) is 7.18. The fourth-order valence-corrected chi connectivity index (χ4v) is 2.46. The van der Waals surface area contributed by atoms with Crippen molar-refractivity contribution in [3.8, 4) is 11.5 Å². The normalized spacial score (nSPS) is 16.4. The summed E-state index contributed by atoms with van der Waals surface area (Å²) in [4.78, 5) is 12.3. The highest BCUT2D eigenvalue weighted by Crippen LogP contribution is 2.27. The highest BCUT2D eigenvalue weighted by molar-refractivity contribution is 5.93. The number of benzene rings is 2. The van der Waals surface area contributed by atoms with E-state index in [0.29, 0.717) is 18.7 Å². The molecule has 2 aromatic carbocycles.